The molecule has 0 radical (unpaired) electrons. The van der Waals surface area contributed by atoms with Gasteiger partial charge in [0.2, 0.25) is 5.95 Å². The number of nitrogens with one attached hydrogen (secondary N) is 1. The number of pyridine rings is 1. The van der Waals surface area contributed by atoms with Crippen molar-refractivity contribution in [1.29, 1.82) is 0 Å². The third-order valence-corrected chi connectivity index (χ3v) is 7.93. The number of aromatic nitrogens is 3. The van der Waals surface area contributed by atoms with Crippen molar-refractivity contribution in [3.63, 3.8) is 0 Å². The second kappa shape index (κ2) is 10.7. The lowest BCUT2D eigenvalue weighted by molar-refractivity contribution is 0.313. The summed E-state index contributed by atoms with van der Waals surface area (Å²) in [5, 5.41) is 4.37. The summed E-state index contributed by atoms with van der Waals surface area (Å²) in [4.78, 5) is 27.9. The van der Waals surface area contributed by atoms with Crippen LogP contribution in [0.4, 0.5) is 17.3 Å². The molecule has 0 bridgehead atoms. The van der Waals surface area contributed by atoms with Crippen LogP contribution in [0.2, 0.25) is 5.02 Å². The zero-order valence-electron chi connectivity index (χ0n) is 21.1. The van der Waals surface area contributed by atoms with Crippen molar-refractivity contribution in [3.05, 3.63) is 70.1 Å². The lowest BCUT2D eigenvalue weighted by Crippen LogP contribution is -2.44. The normalized spacial score (nSPS) is 15.2. The van der Waals surface area contributed by atoms with Gasteiger partial charge in [-0.05, 0) is 67.6 Å². The topological polar surface area (TPSA) is 89.3 Å². The van der Waals surface area contributed by atoms with Crippen molar-refractivity contribution in [1.82, 2.24) is 19.4 Å². The van der Waals surface area contributed by atoms with Crippen LogP contribution in [-0.2, 0) is 17.7 Å². The predicted molar refractivity (Wildman–Crippen MR) is 152 cm³/mol. The highest BCUT2D eigenvalue weighted by Crippen LogP contribution is 2.30. The second-order valence-electron chi connectivity index (χ2n) is 9.14. The molecule has 1 saturated heterocycles. The van der Waals surface area contributed by atoms with Gasteiger partial charge in [-0.3, -0.25) is 9.36 Å². The van der Waals surface area contributed by atoms with Crippen molar-refractivity contribution >= 4 is 51.1 Å². The number of halogens is 1. The van der Waals surface area contributed by atoms with E-state index >= 15 is 0 Å². The van der Waals surface area contributed by atoms with E-state index in [4.69, 9.17) is 11.6 Å². The van der Waals surface area contributed by atoms with Gasteiger partial charge < -0.3 is 19.7 Å². The first-order chi connectivity index (χ1) is 17.8. The molecule has 1 fully saturated rings. The highest BCUT2D eigenvalue weighted by atomic mass is 35.5. The third-order valence-electron chi connectivity index (χ3n) is 6.70. The Kier molecular flexibility index (Phi) is 7.39. The average molecular weight is 537 g/mol. The summed E-state index contributed by atoms with van der Waals surface area (Å²) in [5.41, 5.74) is 3.47. The van der Waals surface area contributed by atoms with E-state index in [1.807, 2.05) is 19.1 Å². The van der Waals surface area contributed by atoms with Gasteiger partial charge in [-0.2, -0.15) is 4.98 Å². The van der Waals surface area contributed by atoms with E-state index in [0.717, 1.165) is 37.3 Å². The summed E-state index contributed by atoms with van der Waals surface area (Å²) in [6, 6.07) is 15.1. The molecule has 1 aliphatic heterocycles. The summed E-state index contributed by atoms with van der Waals surface area (Å²) in [7, 11) is 2.15. The largest absolute Gasteiger partial charge is 0.612 e. The van der Waals surface area contributed by atoms with E-state index in [-0.39, 0.29) is 5.56 Å². The molecule has 1 aliphatic rings. The number of rotatable bonds is 6. The summed E-state index contributed by atoms with van der Waals surface area (Å²) >= 11 is 5.32. The molecule has 5 rings (SSSR count). The molecule has 1 N–H and O–H groups in total. The molecular formula is C27H29ClN6O2S. The van der Waals surface area contributed by atoms with Gasteiger partial charge in [0.15, 0.2) is 4.90 Å². The van der Waals surface area contributed by atoms with Crippen LogP contribution >= 0.6 is 11.6 Å². The summed E-state index contributed by atoms with van der Waals surface area (Å²) in [6.07, 6.45) is 3.30. The molecule has 3 heterocycles. The predicted octanol–water partition coefficient (Wildman–Crippen LogP) is 4.36. The van der Waals surface area contributed by atoms with Crippen molar-refractivity contribution in [3.8, 4) is 11.1 Å². The third kappa shape index (κ3) is 5.31. The van der Waals surface area contributed by atoms with Crippen molar-refractivity contribution < 1.29 is 4.55 Å². The minimum Gasteiger partial charge on any atom is -0.612 e. The highest BCUT2D eigenvalue weighted by molar-refractivity contribution is 7.90. The standard InChI is InChI=1S/C27H29ClN6O2S/c1-4-34-25-18(15-23(26(34)35)22-10-9-21(37(3)36)16-24(22)28)17-29-27(31-25)30-19-5-7-20(8-6-19)33-13-11-32(2)12-14-33/h5-10,15-17H,4,11-14H2,1-3H3,(H,29,30,31)/t37-/m0/s1. The van der Waals surface area contributed by atoms with Crippen LogP contribution in [0.15, 0.2) is 64.4 Å². The van der Waals surface area contributed by atoms with Crippen LogP contribution in [0, 0.1) is 0 Å². The Bertz CT molecular complexity index is 1480. The van der Waals surface area contributed by atoms with Gasteiger partial charge in [0.25, 0.3) is 5.56 Å². The number of likely N-dealkylation sites (N-methyl/N-ethyl adjacent to an activating group) is 1. The Labute approximate surface area is 224 Å². The Morgan fingerprint density at radius 1 is 1.05 bits per heavy atom. The molecule has 8 nitrogen and oxygen atoms in total. The van der Waals surface area contributed by atoms with Crippen LogP contribution in [-0.4, -0.2) is 63.5 Å². The fourth-order valence-corrected chi connectivity index (χ4v) is 5.44. The smallest absolute Gasteiger partial charge is 0.260 e. The molecule has 0 spiro atoms. The quantitative estimate of drug-likeness (QED) is 0.366. The number of nitrogens with zero attached hydrogens (tertiary/aromatic N) is 5. The molecule has 192 valence electrons. The second-order valence-corrected chi connectivity index (χ2v) is 10.9. The first-order valence-corrected chi connectivity index (χ1v) is 14.1. The zero-order valence-corrected chi connectivity index (χ0v) is 22.6. The van der Waals surface area contributed by atoms with Crippen molar-refractivity contribution in [2.45, 2.75) is 18.4 Å². The Morgan fingerprint density at radius 3 is 2.43 bits per heavy atom. The molecule has 0 saturated carbocycles. The van der Waals surface area contributed by atoms with Crippen LogP contribution in [0.25, 0.3) is 22.2 Å². The number of hydrogen-bond donors (Lipinski definition) is 1. The number of aryl methyl sites for hydroxylation is 1. The fraction of sp³-hybridized carbons (Fsp3) is 0.296. The number of hydrogen-bond acceptors (Lipinski definition) is 7. The maximum Gasteiger partial charge on any atom is 0.260 e. The van der Waals surface area contributed by atoms with E-state index in [1.54, 1.807) is 41.3 Å². The molecule has 1 atom stereocenters. The minimum atomic E-state index is -1.16. The van der Waals surface area contributed by atoms with Crippen molar-refractivity contribution in [2.24, 2.45) is 0 Å². The van der Waals surface area contributed by atoms with E-state index in [0.29, 0.717) is 39.2 Å². The summed E-state index contributed by atoms with van der Waals surface area (Å²) < 4.78 is 13.4. The number of fused-ring (bicyclic) bond motifs is 1. The van der Waals surface area contributed by atoms with Gasteiger partial charge in [-0.15, -0.1) is 0 Å². The number of piperazine rings is 1. The minimum absolute atomic E-state index is 0.191. The SMILES string of the molecule is CCn1c(=O)c(-c2ccc([S@+](C)[O-])cc2Cl)cc2cnc(Nc3ccc(N4CCN(C)CC4)cc3)nc21. The fourth-order valence-electron chi connectivity index (χ4n) is 4.55. The summed E-state index contributed by atoms with van der Waals surface area (Å²) in [5.74, 6) is 0.419. The molecular weight excluding hydrogens is 508 g/mol. The van der Waals surface area contributed by atoms with E-state index in [1.165, 1.54) is 5.69 Å². The van der Waals surface area contributed by atoms with Crippen LogP contribution in [0.3, 0.4) is 0 Å². The van der Waals surface area contributed by atoms with Gasteiger partial charge in [-0.1, -0.05) is 11.6 Å². The van der Waals surface area contributed by atoms with E-state index in [2.05, 4.69) is 44.3 Å². The Hall–Kier alpha value is -3.11. The maximum absolute atomic E-state index is 13.4. The maximum atomic E-state index is 13.4. The molecule has 2 aromatic heterocycles. The number of anilines is 3. The lowest BCUT2D eigenvalue weighted by atomic mass is 10.1. The molecule has 0 aliphatic carbocycles. The molecule has 2 aromatic carbocycles. The summed E-state index contributed by atoms with van der Waals surface area (Å²) in [6.45, 7) is 6.49. The van der Waals surface area contributed by atoms with E-state index < -0.39 is 11.2 Å². The Balaban J connectivity index is 1.43. The van der Waals surface area contributed by atoms with Gasteiger partial charge in [0.1, 0.15) is 11.9 Å². The van der Waals surface area contributed by atoms with Gasteiger partial charge in [0, 0.05) is 72.9 Å². The van der Waals surface area contributed by atoms with Gasteiger partial charge >= 0.3 is 0 Å². The van der Waals surface area contributed by atoms with Gasteiger partial charge in [-0.25, -0.2) is 4.98 Å². The zero-order chi connectivity index (χ0) is 26.1. The monoisotopic (exact) mass is 536 g/mol. The Morgan fingerprint density at radius 2 is 1.78 bits per heavy atom. The van der Waals surface area contributed by atoms with Crippen LogP contribution in [0.5, 0.6) is 0 Å². The van der Waals surface area contributed by atoms with E-state index in [9.17, 15) is 9.35 Å². The average Bonchev–Trinajstić information content (AvgIpc) is 2.89. The first kappa shape index (κ1) is 25.5. The highest BCUT2D eigenvalue weighted by Gasteiger charge is 2.17. The van der Waals surface area contributed by atoms with Crippen LogP contribution < -0.4 is 15.8 Å². The first-order valence-electron chi connectivity index (χ1n) is 12.2. The van der Waals surface area contributed by atoms with Gasteiger partial charge in [0.05, 0.1) is 5.02 Å². The lowest BCUT2D eigenvalue weighted by Gasteiger charge is -2.34. The molecule has 37 heavy (non-hydrogen) atoms. The molecule has 0 amide bonds. The molecule has 4 aromatic rings. The molecule has 0 unspecified atom stereocenters. The molecule has 10 heteroatoms. The van der Waals surface area contributed by atoms with Crippen LogP contribution in [0.1, 0.15) is 6.92 Å². The number of benzene rings is 2. The van der Waals surface area contributed by atoms with Crippen molar-refractivity contribution in [2.75, 3.05) is 49.7 Å².